The van der Waals surface area contributed by atoms with E-state index in [0.29, 0.717) is 31.7 Å². The van der Waals surface area contributed by atoms with E-state index in [4.69, 9.17) is 4.74 Å². The average molecular weight is 424 g/mol. The molecule has 2 aliphatic rings. The first-order valence-corrected chi connectivity index (χ1v) is 11.4. The zero-order chi connectivity index (χ0) is 21.0. The Morgan fingerprint density at radius 1 is 0.931 bits per heavy atom. The first-order valence-electron chi connectivity index (χ1n) is 10.0. The van der Waals surface area contributed by atoms with Crippen LogP contribution in [0.1, 0.15) is 37.0 Å². The summed E-state index contributed by atoms with van der Waals surface area (Å²) in [6.07, 6.45) is 0.0150. The fourth-order valence-corrected chi connectivity index (χ4v) is 5.55. The second kappa shape index (κ2) is 9.34. The minimum absolute atomic E-state index is 0.0595. The summed E-state index contributed by atoms with van der Waals surface area (Å²) in [4.78, 5) is 26.3. The molecule has 3 rings (SSSR count). The van der Waals surface area contributed by atoms with Crippen LogP contribution in [0.2, 0.25) is 0 Å². The smallest absolute Gasteiger partial charge is 0.282 e. The highest BCUT2D eigenvalue weighted by Crippen LogP contribution is 2.19. The minimum atomic E-state index is -3.57. The molecule has 2 saturated heterocycles. The van der Waals surface area contributed by atoms with E-state index in [0.717, 1.165) is 0 Å². The quantitative estimate of drug-likeness (QED) is 0.641. The lowest BCUT2D eigenvalue weighted by molar-refractivity contribution is -0.132. The number of hydrogen-bond donors (Lipinski definition) is 0. The molecule has 1 aromatic rings. The van der Waals surface area contributed by atoms with Crippen molar-refractivity contribution in [3.05, 3.63) is 35.9 Å². The molecule has 0 radical (unpaired) electrons. The van der Waals surface area contributed by atoms with Gasteiger partial charge in [-0.3, -0.25) is 9.59 Å². The molecule has 160 valence electrons. The van der Waals surface area contributed by atoms with Gasteiger partial charge < -0.3 is 9.64 Å². The van der Waals surface area contributed by atoms with E-state index in [1.807, 2.05) is 19.9 Å². The maximum Gasteiger partial charge on any atom is 0.282 e. The number of ketones is 1. The summed E-state index contributed by atoms with van der Waals surface area (Å²) in [5, 5.41) is 0. The molecule has 0 saturated carbocycles. The Morgan fingerprint density at radius 2 is 1.52 bits per heavy atom. The lowest BCUT2D eigenvalue weighted by Crippen LogP contribution is -2.57. The Balaban J connectivity index is 1.49. The number of hydrogen-bond acceptors (Lipinski definition) is 5. The Hall–Kier alpha value is -1.81. The van der Waals surface area contributed by atoms with Gasteiger partial charge in [-0.1, -0.05) is 30.3 Å². The molecule has 1 aromatic carbocycles. The van der Waals surface area contributed by atoms with E-state index in [1.54, 1.807) is 29.2 Å². The average Bonchev–Trinajstić information content (AvgIpc) is 2.71. The van der Waals surface area contributed by atoms with E-state index < -0.39 is 10.2 Å². The second-order valence-corrected chi connectivity index (χ2v) is 9.58. The van der Waals surface area contributed by atoms with Crippen LogP contribution in [0, 0.1) is 0 Å². The Labute approximate surface area is 172 Å². The van der Waals surface area contributed by atoms with Crippen LogP contribution in [-0.4, -0.2) is 85.1 Å². The number of carbonyl (C=O) groups is 2. The van der Waals surface area contributed by atoms with E-state index in [-0.39, 0.29) is 49.8 Å². The third-order valence-electron chi connectivity index (χ3n) is 5.29. The van der Waals surface area contributed by atoms with Gasteiger partial charge in [0.1, 0.15) is 0 Å². The van der Waals surface area contributed by atoms with Crippen LogP contribution in [0.5, 0.6) is 0 Å². The van der Waals surface area contributed by atoms with E-state index in [2.05, 4.69) is 0 Å². The summed E-state index contributed by atoms with van der Waals surface area (Å²) in [6.45, 7) is 5.62. The van der Waals surface area contributed by atoms with Crippen molar-refractivity contribution < 1.29 is 22.7 Å². The van der Waals surface area contributed by atoms with Gasteiger partial charge in [0.15, 0.2) is 5.78 Å². The number of ether oxygens (including phenoxy) is 1. The van der Waals surface area contributed by atoms with Gasteiger partial charge >= 0.3 is 0 Å². The van der Waals surface area contributed by atoms with Gasteiger partial charge in [0.05, 0.1) is 12.2 Å². The first kappa shape index (κ1) is 21.9. The van der Waals surface area contributed by atoms with E-state index >= 15 is 0 Å². The van der Waals surface area contributed by atoms with Crippen LogP contribution in [0.3, 0.4) is 0 Å². The number of carbonyl (C=O) groups excluding carboxylic acids is 2. The highest BCUT2D eigenvalue weighted by atomic mass is 32.2. The molecular weight excluding hydrogens is 394 g/mol. The third-order valence-corrected chi connectivity index (χ3v) is 7.26. The van der Waals surface area contributed by atoms with E-state index in [1.165, 1.54) is 8.61 Å². The summed E-state index contributed by atoms with van der Waals surface area (Å²) in [7, 11) is -3.57. The molecule has 2 unspecified atom stereocenters. The standard InChI is InChI=1S/C20H29N3O5S/c1-16-14-23(15-17(2)28-16)29(26,27)22-12-10-21(11-13-22)20(25)9-8-19(24)18-6-4-3-5-7-18/h3-7,16-17H,8-15H2,1-2H3. The van der Waals surface area contributed by atoms with Gasteiger partial charge in [0.25, 0.3) is 10.2 Å². The molecular formula is C20H29N3O5S. The summed E-state index contributed by atoms with van der Waals surface area (Å²) in [6, 6.07) is 8.91. The molecule has 2 heterocycles. The van der Waals surface area contributed by atoms with Gasteiger partial charge in [-0.2, -0.15) is 17.0 Å². The number of nitrogens with zero attached hydrogens (tertiary/aromatic N) is 3. The number of piperazine rings is 1. The normalized spacial score (nSPS) is 24.4. The van der Waals surface area contributed by atoms with Crippen LogP contribution in [0.15, 0.2) is 30.3 Å². The molecule has 2 aliphatic heterocycles. The molecule has 2 fully saturated rings. The van der Waals surface area contributed by atoms with Crippen molar-refractivity contribution in [3.63, 3.8) is 0 Å². The fraction of sp³-hybridized carbons (Fsp3) is 0.600. The maximum atomic E-state index is 12.9. The SMILES string of the molecule is CC1CN(S(=O)(=O)N2CCN(C(=O)CCC(=O)c3ccccc3)CC2)CC(C)O1. The lowest BCUT2D eigenvalue weighted by atomic mass is 10.1. The van der Waals surface area contributed by atoms with Crippen LogP contribution >= 0.6 is 0 Å². The molecule has 0 bridgehead atoms. The van der Waals surface area contributed by atoms with Crippen molar-refractivity contribution in [2.75, 3.05) is 39.3 Å². The Kier molecular flexibility index (Phi) is 7.05. The van der Waals surface area contributed by atoms with Crippen LogP contribution in [-0.2, 0) is 19.7 Å². The molecule has 0 spiro atoms. The second-order valence-electron chi connectivity index (χ2n) is 7.65. The van der Waals surface area contributed by atoms with Gasteiger partial charge in [-0.25, -0.2) is 0 Å². The lowest BCUT2D eigenvalue weighted by Gasteiger charge is -2.40. The van der Waals surface area contributed by atoms with Crippen molar-refractivity contribution in [1.29, 1.82) is 0 Å². The van der Waals surface area contributed by atoms with Gasteiger partial charge in [-0.15, -0.1) is 0 Å². The van der Waals surface area contributed by atoms with E-state index in [9.17, 15) is 18.0 Å². The summed E-state index contributed by atoms with van der Waals surface area (Å²) < 4.78 is 34.4. The molecule has 9 heteroatoms. The summed E-state index contributed by atoms with van der Waals surface area (Å²) in [5.41, 5.74) is 0.602. The first-order chi connectivity index (χ1) is 13.8. The number of rotatable bonds is 6. The highest BCUT2D eigenvalue weighted by molar-refractivity contribution is 7.86. The number of Topliss-reactive ketones (excluding diaryl/α,β-unsaturated/α-hetero) is 1. The topological polar surface area (TPSA) is 87.2 Å². The fourth-order valence-electron chi connectivity index (χ4n) is 3.80. The Morgan fingerprint density at radius 3 is 2.10 bits per heavy atom. The monoisotopic (exact) mass is 423 g/mol. The predicted octanol–water partition coefficient (Wildman–Crippen LogP) is 1.15. The Bertz CT molecular complexity index is 812. The molecule has 29 heavy (non-hydrogen) atoms. The van der Waals surface area contributed by atoms with Crippen molar-refractivity contribution in [2.24, 2.45) is 0 Å². The van der Waals surface area contributed by atoms with Gasteiger partial charge in [-0.05, 0) is 13.8 Å². The molecule has 8 nitrogen and oxygen atoms in total. The number of amides is 1. The third kappa shape index (κ3) is 5.42. The van der Waals surface area contributed by atoms with Crippen molar-refractivity contribution in [2.45, 2.75) is 38.9 Å². The minimum Gasteiger partial charge on any atom is -0.373 e. The number of morpholine rings is 1. The van der Waals surface area contributed by atoms with Gasteiger partial charge in [0, 0.05) is 57.7 Å². The molecule has 0 aliphatic carbocycles. The van der Waals surface area contributed by atoms with Crippen LogP contribution in [0.4, 0.5) is 0 Å². The molecule has 0 N–H and O–H groups in total. The van der Waals surface area contributed by atoms with Crippen LogP contribution < -0.4 is 0 Å². The molecule has 1 amide bonds. The summed E-state index contributed by atoms with van der Waals surface area (Å²) >= 11 is 0. The van der Waals surface area contributed by atoms with Gasteiger partial charge in [0.2, 0.25) is 5.91 Å². The zero-order valence-electron chi connectivity index (χ0n) is 17.0. The van der Waals surface area contributed by atoms with Crippen LogP contribution in [0.25, 0.3) is 0 Å². The zero-order valence-corrected chi connectivity index (χ0v) is 17.8. The van der Waals surface area contributed by atoms with Crippen molar-refractivity contribution in [1.82, 2.24) is 13.5 Å². The summed E-state index contributed by atoms with van der Waals surface area (Å²) in [5.74, 6) is -0.171. The number of benzene rings is 1. The predicted molar refractivity (Wildman–Crippen MR) is 109 cm³/mol. The molecule has 2 atom stereocenters. The molecule has 0 aromatic heterocycles. The van der Waals surface area contributed by atoms with Crippen molar-refractivity contribution in [3.8, 4) is 0 Å². The van der Waals surface area contributed by atoms with Crippen molar-refractivity contribution >= 4 is 21.9 Å². The maximum absolute atomic E-state index is 12.9. The highest BCUT2D eigenvalue weighted by Gasteiger charge is 2.37. The largest absolute Gasteiger partial charge is 0.373 e.